The number of carbonyl (C=O) groups is 1. The van der Waals surface area contributed by atoms with Crippen LogP contribution < -0.4 is 16.6 Å². The van der Waals surface area contributed by atoms with Gasteiger partial charge in [0.05, 0.1) is 16.5 Å². The molecule has 3 aromatic rings. The number of halogens is 3. The number of aromatic nitrogens is 2. The second-order valence-corrected chi connectivity index (χ2v) is 6.81. The van der Waals surface area contributed by atoms with E-state index in [2.05, 4.69) is 5.32 Å². The molecule has 1 N–H and O–H groups in total. The average molecular weight is 435 g/mol. The van der Waals surface area contributed by atoms with Crippen LogP contribution in [0.2, 0.25) is 0 Å². The third-order valence-corrected chi connectivity index (χ3v) is 4.66. The summed E-state index contributed by atoms with van der Waals surface area (Å²) in [6.07, 6.45) is -4.05. The van der Waals surface area contributed by atoms with Crippen LogP contribution in [0.3, 0.4) is 0 Å². The van der Waals surface area contributed by atoms with Gasteiger partial charge in [-0.2, -0.15) is 13.2 Å². The lowest BCUT2D eigenvalue weighted by Crippen LogP contribution is -2.42. The molecule has 0 spiro atoms. The zero-order valence-corrected chi connectivity index (χ0v) is 16.6. The summed E-state index contributed by atoms with van der Waals surface area (Å²) in [6.45, 7) is 0.0644. The molecular formula is C21H20F3N3O4. The molecule has 10 heteroatoms. The summed E-state index contributed by atoms with van der Waals surface area (Å²) in [5.74, 6) is -0.617. The first-order valence-corrected chi connectivity index (χ1v) is 9.41. The quantitative estimate of drug-likeness (QED) is 0.579. The zero-order chi connectivity index (χ0) is 22.6. The van der Waals surface area contributed by atoms with Crippen LogP contribution in [0.25, 0.3) is 10.9 Å². The number of alkyl halides is 3. The van der Waals surface area contributed by atoms with Crippen molar-refractivity contribution >= 4 is 22.5 Å². The maximum atomic E-state index is 12.9. The fraction of sp³-hybridized carbons (Fsp3) is 0.286. The molecule has 31 heavy (non-hydrogen) atoms. The first-order chi connectivity index (χ1) is 14.7. The normalized spacial score (nSPS) is 11.6. The number of carbonyl (C=O) groups excluding carboxylic acids is 1. The maximum absolute atomic E-state index is 12.9. The van der Waals surface area contributed by atoms with Crippen LogP contribution in [0, 0.1) is 0 Å². The maximum Gasteiger partial charge on any atom is 0.416 e. The number of para-hydroxylation sites is 1. The smallest absolute Gasteiger partial charge is 0.385 e. The summed E-state index contributed by atoms with van der Waals surface area (Å²) < 4.78 is 45.2. The molecule has 3 rings (SSSR count). The number of ether oxygens (including phenoxy) is 1. The van der Waals surface area contributed by atoms with Gasteiger partial charge in [0.15, 0.2) is 0 Å². The summed E-state index contributed by atoms with van der Waals surface area (Å²) in [6, 6.07) is 10.4. The Hall–Kier alpha value is -3.40. The fourth-order valence-electron chi connectivity index (χ4n) is 3.17. The van der Waals surface area contributed by atoms with Crippen LogP contribution in [0.4, 0.5) is 18.9 Å². The number of hydrogen-bond acceptors (Lipinski definition) is 4. The molecule has 0 aliphatic heterocycles. The van der Waals surface area contributed by atoms with Gasteiger partial charge in [0.2, 0.25) is 5.91 Å². The molecule has 0 fully saturated rings. The fourth-order valence-corrected chi connectivity index (χ4v) is 3.17. The molecule has 0 aliphatic carbocycles. The van der Waals surface area contributed by atoms with Gasteiger partial charge in [-0.05, 0) is 42.8 Å². The van der Waals surface area contributed by atoms with Gasteiger partial charge >= 0.3 is 11.9 Å². The van der Waals surface area contributed by atoms with Crippen molar-refractivity contribution in [3.63, 3.8) is 0 Å². The number of methoxy groups -OCH3 is 1. The number of rotatable bonds is 7. The highest BCUT2D eigenvalue weighted by Gasteiger charge is 2.30. The Kier molecular flexibility index (Phi) is 6.59. The topological polar surface area (TPSA) is 82.3 Å². The molecule has 0 bridgehead atoms. The molecule has 2 aromatic carbocycles. The van der Waals surface area contributed by atoms with Crippen molar-refractivity contribution in [2.75, 3.05) is 19.0 Å². The van der Waals surface area contributed by atoms with E-state index >= 15 is 0 Å². The van der Waals surface area contributed by atoms with Crippen LogP contribution in [-0.2, 0) is 28.8 Å². The van der Waals surface area contributed by atoms with Crippen molar-refractivity contribution in [1.29, 1.82) is 0 Å². The van der Waals surface area contributed by atoms with Crippen molar-refractivity contribution in [3.8, 4) is 0 Å². The number of amides is 1. The number of nitrogens with one attached hydrogen (secondary N) is 1. The van der Waals surface area contributed by atoms with Crippen LogP contribution in [0.5, 0.6) is 0 Å². The number of nitrogens with zero attached hydrogens (tertiary/aromatic N) is 2. The second-order valence-electron chi connectivity index (χ2n) is 6.81. The third kappa shape index (κ3) is 5.02. The largest absolute Gasteiger partial charge is 0.416 e. The van der Waals surface area contributed by atoms with E-state index in [1.54, 1.807) is 24.3 Å². The highest BCUT2D eigenvalue weighted by Crippen LogP contribution is 2.29. The van der Waals surface area contributed by atoms with E-state index in [-0.39, 0.29) is 17.6 Å². The summed E-state index contributed by atoms with van der Waals surface area (Å²) >= 11 is 0. The van der Waals surface area contributed by atoms with Gasteiger partial charge in [-0.25, -0.2) is 4.79 Å². The number of benzene rings is 2. The summed E-state index contributed by atoms with van der Waals surface area (Å²) in [5, 5.41) is 2.75. The molecule has 0 saturated carbocycles. The van der Waals surface area contributed by atoms with Crippen molar-refractivity contribution in [3.05, 3.63) is 74.9 Å². The lowest BCUT2D eigenvalue weighted by Gasteiger charge is -2.14. The van der Waals surface area contributed by atoms with Crippen molar-refractivity contribution in [1.82, 2.24) is 9.13 Å². The van der Waals surface area contributed by atoms with Gasteiger partial charge in [-0.1, -0.05) is 12.1 Å². The van der Waals surface area contributed by atoms with Crippen LogP contribution >= 0.6 is 0 Å². The number of hydrogen-bond donors (Lipinski definition) is 1. The molecule has 0 aliphatic rings. The van der Waals surface area contributed by atoms with E-state index < -0.39 is 35.4 Å². The molecule has 0 unspecified atom stereocenters. The minimum absolute atomic E-state index is 0.122. The zero-order valence-electron chi connectivity index (χ0n) is 16.6. The van der Waals surface area contributed by atoms with Crippen LogP contribution in [-0.4, -0.2) is 28.8 Å². The Morgan fingerprint density at radius 1 is 1.03 bits per heavy atom. The van der Waals surface area contributed by atoms with E-state index in [1.807, 2.05) is 0 Å². The minimum Gasteiger partial charge on any atom is -0.385 e. The van der Waals surface area contributed by atoms with Gasteiger partial charge in [0, 0.05) is 25.9 Å². The minimum atomic E-state index is -4.48. The summed E-state index contributed by atoms with van der Waals surface area (Å²) in [5.41, 5.74) is -1.50. The molecule has 7 nitrogen and oxygen atoms in total. The van der Waals surface area contributed by atoms with Crippen LogP contribution in [0.1, 0.15) is 12.0 Å². The van der Waals surface area contributed by atoms with Crippen molar-refractivity contribution in [2.45, 2.75) is 25.7 Å². The molecule has 1 amide bonds. The first-order valence-electron chi connectivity index (χ1n) is 9.41. The van der Waals surface area contributed by atoms with Crippen LogP contribution in [0.15, 0.2) is 58.1 Å². The molecule has 164 valence electrons. The number of fused-ring (bicyclic) bond motifs is 1. The Morgan fingerprint density at radius 2 is 1.71 bits per heavy atom. The first kappa shape index (κ1) is 22.3. The summed E-state index contributed by atoms with van der Waals surface area (Å²) in [7, 11) is 1.51. The Labute approximate surface area is 174 Å². The Balaban J connectivity index is 1.90. The highest BCUT2D eigenvalue weighted by molar-refractivity contribution is 5.91. The van der Waals surface area contributed by atoms with E-state index in [1.165, 1.54) is 11.7 Å². The predicted molar refractivity (Wildman–Crippen MR) is 109 cm³/mol. The SMILES string of the molecule is COCCCn1c(=O)c2ccccc2n(CC(=O)Nc2ccc(C(F)(F)F)cc2)c1=O. The van der Waals surface area contributed by atoms with E-state index in [9.17, 15) is 27.6 Å². The van der Waals surface area contributed by atoms with E-state index in [4.69, 9.17) is 4.74 Å². The van der Waals surface area contributed by atoms with Gasteiger partial charge in [0.1, 0.15) is 6.54 Å². The average Bonchev–Trinajstić information content (AvgIpc) is 2.73. The Morgan fingerprint density at radius 3 is 2.35 bits per heavy atom. The lowest BCUT2D eigenvalue weighted by molar-refractivity contribution is -0.137. The second kappa shape index (κ2) is 9.17. The number of anilines is 1. The lowest BCUT2D eigenvalue weighted by atomic mass is 10.2. The molecular weight excluding hydrogens is 415 g/mol. The standard InChI is InChI=1S/C21H20F3N3O4/c1-31-12-4-11-26-19(29)16-5-2-3-6-17(16)27(20(26)30)13-18(28)25-15-9-7-14(8-10-15)21(22,23)24/h2-3,5-10H,4,11-13H2,1H3,(H,25,28). The van der Waals surface area contributed by atoms with Gasteiger partial charge < -0.3 is 10.1 Å². The van der Waals surface area contributed by atoms with Gasteiger partial charge in [0.25, 0.3) is 5.56 Å². The molecule has 0 saturated heterocycles. The van der Waals surface area contributed by atoms with E-state index in [0.29, 0.717) is 18.5 Å². The molecule has 1 aromatic heterocycles. The molecule has 1 heterocycles. The third-order valence-electron chi connectivity index (χ3n) is 4.66. The van der Waals surface area contributed by atoms with Gasteiger partial charge in [-0.15, -0.1) is 0 Å². The van der Waals surface area contributed by atoms with E-state index in [0.717, 1.165) is 28.8 Å². The highest BCUT2D eigenvalue weighted by atomic mass is 19.4. The van der Waals surface area contributed by atoms with Crippen molar-refractivity contribution < 1.29 is 22.7 Å². The summed E-state index contributed by atoms with van der Waals surface area (Å²) in [4.78, 5) is 38.1. The van der Waals surface area contributed by atoms with Gasteiger partial charge in [-0.3, -0.25) is 18.7 Å². The van der Waals surface area contributed by atoms with Crippen molar-refractivity contribution in [2.24, 2.45) is 0 Å². The predicted octanol–water partition coefficient (Wildman–Crippen LogP) is 2.86. The molecule has 0 atom stereocenters. The monoisotopic (exact) mass is 435 g/mol. The molecule has 0 radical (unpaired) electrons. The Bertz CT molecular complexity index is 1200.